The summed E-state index contributed by atoms with van der Waals surface area (Å²) in [6.45, 7) is 1.85. The quantitative estimate of drug-likeness (QED) is 0.762. The molecule has 7 heteroatoms. The van der Waals surface area contributed by atoms with Crippen molar-refractivity contribution in [1.82, 2.24) is 0 Å². The molecule has 0 bridgehead atoms. The number of carbonyl (C=O) groups is 1. The SMILES string of the molecule is COC(=S)SC(=O)c1cc(OC(=S)SC)ccc1C. The maximum Gasteiger partial charge on any atom is 0.228 e. The molecule has 1 rings (SSSR count). The molecule has 0 spiro atoms. The van der Waals surface area contributed by atoms with Crippen LogP contribution in [0.4, 0.5) is 0 Å². The third-order valence-electron chi connectivity index (χ3n) is 2.14. The van der Waals surface area contributed by atoms with Crippen molar-refractivity contribution in [3.63, 3.8) is 0 Å². The van der Waals surface area contributed by atoms with E-state index in [1.807, 2.05) is 19.2 Å². The monoisotopic (exact) mass is 332 g/mol. The fraction of sp³-hybridized carbons (Fsp3) is 0.250. The standard InChI is InChI=1S/C12H12O3S4/c1-7-4-5-8(15-12(17)18-3)6-9(7)10(13)19-11(16)14-2/h4-6H,1-3H3. The number of ether oxygens (including phenoxy) is 2. The summed E-state index contributed by atoms with van der Waals surface area (Å²) < 4.78 is 10.8. The number of methoxy groups -OCH3 is 1. The maximum atomic E-state index is 12.0. The highest BCUT2D eigenvalue weighted by atomic mass is 32.2. The topological polar surface area (TPSA) is 35.5 Å². The van der Waals surface area contributed by atoms with Crippen molar-refractivity contribution in [2.75, 3.05) is 13.4 Å². The number of hydrogen-bond acceptors (Lipinski definition) is 7. The molecule has 0 amide bonds. The summed E-state index contributed by atoms with van der Waals surface area (Å²) in [5.74, 6) is 0.539. The van der Waals surface area contributed by atoms with Crippen LogP contribution in [0.5, 0.6) is 5.75 Å². The van der Waals surface area contributed by atoms with E-state index in [1.165, 1.54) is 18.9 Å². The molecule has 19 heavy (non-hydrogen) atoms. The molecule has 0 N–H and O–H groups in total. The molecule has 3 nitrogen and oxygen atoms in total. The van der Waals surface area contributed by atoms with Crippen LogP contribution < -0.4 is 4.74 Å². The molecule has 0 unspecified atom stereocenters. The fourth-order valence-corrected chi connectivity index (χ4v) is 2.26. The normalized spacial score (nSPS) is 9.84. The van der Waals surface area contributed by atoms with Gasteiger partial charge in [-0.3, -0.25) is 4.79 Å². The molecule has 0 heterocycles. The zero-order chi connectivity index (χ0) is 14.4. The van der Waals surface area contributed by atoms with Gasteiger partial charge in [-0.2, -0.15) is 0 Å². The lowest BCUT2D eigenvalue weighted by Gasteiger charge is -2.09. The van der Waals surface area contributed by atoms with Crippen LogP contribution in [-0.2, 0) is 4.74 Å². The first-order chi connectivity index (χ1) is 8.97. The van der Waals surface area contributed by atoms with E-state index in [1.54, 1.807) is 12.1 Å². The van der Waals surface area contributed by atoms with Crippen LogP contribution in [0.1, 0.15) is 15.9 Å². The van der Waals surface area contributed by atoms with Crippen molar-refractivity contribution in [1.29, 1.82) is 0 Å². The molecule has 0 aliphatic rings. The van der Waals surface area contributed by atoms with Crippen molar-refractivity contribution in [3.05, 3.63) is 29.3 Å². The van der Waals surface area contributed by atoms with Gasteiger partial charge in [-0.1, -0.05) is 17.8 Å². The molecule has 1 aromatic rings. The van der Waals surface area contributed by atoms with Gasteiger partial charge in [0, 0.05) is 17.3 Å². The summed E-state index contributed by atoms with van der Waals surface area (Å²) in [4.78, 5) is 12.0. The van der Waals surface area contributed by atoms with Gasteiger partial charge in [-0.05, 0) is 55.3 Å². The van der Waals surface area contributed by atoms with Gasteiger partial charge in [0.25, 0.3) is 0 Å². The van der Waals surface area contributed by atoms with E-state index in [2.05, 4.69) is 0 Å². The van der Waals surface area contributed by atoms with Crippen LogP contribution in [0.3, 0.4) is 0 Å². The van der Waals surface area contributed by atoms with Gasteiger partial charge < -0.3 is 9.47 Å². The van der Waals surface area contributed by atoms with Gasteiger partial charge in [0.1, 0.15) is 5.75 Å². The number of carbonyl (C=O) groups excluding carboxylic acids is 1. The maximum absolute atomic E-state index is 12.0. The van der Waals surface area contributed by atoms with E-state index < -0.39 is 0 Å². The van der Waals surface area contributed by atoms with Crippen LogP contribution in [0, 0.1) is 6.92 Å². The second-order valence-electron chi connectivity index (χ2n) is 3.38. The third-order valence-corrected chi connectivity index (χ3v) is 4.29. The lowest BCUT2D eigenvalue weighted by Crippen LogP contribution is -2.04. The summed E-state index contributed by atoms with van der Waals surface area (Å²) in [6.07, 6.45) is 1.83. The molecule has 0 saturated carbocycles. The summed E-state index contributed by atoms with van der Waals surface area (Å²) in [5.41, 5.74) is 1.38. The summed E-state index contributed by atoms with van der Waals surface area (Å²) >= 11 is 12.0. The zero-order valence-corrected chi connectivity index (χ0v) is 13.9. The summed E-state index contributed by atoms with van der Waals surface area (Å²) in [6, 6.07) is 5.24. The Bertz CT molecular complexity index is 514. The average molecular weight is 332 g/mol. The predicted octanol–water partition coefficient (Wildman–Crippen LogP) is 3.83. The smallest absolute Gasteiger partial charge is 0.228 e. The van der Waals surface area contributed by atoms with Gasteiger partial charge >= 0.3 is 0 Å². The molecule has 0 aromatic heterocycles. The molecule has 0 saturated heterocycles. The van der Waals surface area contributed by atoms with Gasteiger partial charge in [0.05, 0.1) is 7.11 Å². The van der Waals surface area contributed by atoms with Crippen LogP contribution in [-0.4, -0.2) is 27.2 Å². The molecular formula is C12H12O3S4. The predicted molar refractivity (Wildman–Crippen MR) is 89.4 cm³/mol. The van der Waals surface area contributed by atoms with Crippen LogP contribution >= 0.6 is 48.0 Å². The van der Waals surface area contributed by atoms with Crippen molar-refractivity contribution in [3.8, 4) is 5.75 Å². The Labute approximate surface area is 131 Å². The van der Waals surface area contributed by atoms with Crippen LogP contribution in [0.15, 0.2) is 18.2 Å². The number of benzene rings is 1. The Morgan fingerprint density at radius 3 is 2.53 bits per heavy atom. The Morgan fingerprint density at radius 1 is 1.26 bits per heavy atom. The van der Waals surface area contributed by atoms with E-state index in [0.29, 0.717) is 15.7 Å². The Balaban J connectivity index is 2.93. The Kier molecular flexibility index (Phi) is 6.78. The van der Waals surface area contributed by atoms with Crippen molar-refractivity contribution in [2.24, 2.45) is 0 Å². The minimum Gasteiger partial charge on any atom is -0.482 e. The summed E-state index contributed by atoms with van der Waals surface area (Å²) in [5, 5.41) is -0.176. The highest BCUT2D eigenvalue weighted by molar-refractivity contribution is 8.32. The first-order valence-corrected chi connectivity index (χ1v) is 8.00. The van der Waals surface area contributed by atoms with E-state index >= 15 is 0 Å². The molecule has 0 aliphatic carbocycles. The first kappa shape index (κ1) is 16.4. The number of hydrogen-bond donors (Lipinski definition) is 0. The largest absolute Gasteiger partial charge is 0.482 e. The fourth-order valence-electron chi connectivity index (χ4n) is 1.19. The summed E-state index contributed by atoms with van der Waals surface area (Å²) in [7, 11) is 1.44. The molecular weight excluding hydrogens is 320 g/mol. The van der Waals surface area contributed by atoms with Crippen LogP contribution in [0.25, 0.3) is 0 Å². The molecule has 0 fully saturated rings. The van der Waals surface area contributed by atoms with E-state index in [0.717, 1.165) is 17.3 Å². The highest BCUT2D eigenvalue weighted by Gasteiger charge is 2.14. The first-order valence-electron chi connectivity index (χ1n) is 5.14. The van der Waals surface area contributed by atoms with Gasteiger partial charge in [-0.15, -0.1) is 0 Å². The molecule has 0 aliphatic heterocycles. The molecule has 0 atom stereocenters. The van der Waals surface area contributed by atoms with E-state index in [9.17, 15) is 4.79 Å². The van der Waals surface area contributed by atoms with Crippen molar-refractivity contribution < 1.29 is 14.3 Å². The molecule has 102 valence electrons. The van der Waals surface area contributed by atoms with Crippen molar-refractivity contribution >= 4 is 61.8 Å². The van der Waals surface area contributed by atoms with E-state index in [-0.39, 0.29) is 9.50 Å². The minimum atomic E-state index is -0.176. The second kappa shape index (κ2) is 7.84. The number of aryl methyl sites for hydroxylation is 1. The van der Waals surface area contributed by atoms with Crippen LogP contribution in [0.2, 0.25) is 0 Å². The lowest BCUT2D eigenvalue weighted by molar-refractivity contribution is 0.108. The average Bonchev–Trinajstić information content (AvgIpc) is 2.40. The second-order valence-corrected chi connectivity index (χ2v) is 6.36. The zero-order valence-electron chi connectivity index (χ0n) is 10.6. The number of thiocarbonyl (C=S) groups is 2. The minimum absolute atomic E-state index is 0.176. The Morgan fingerprint density at radius 2 is 1.95 bits per heavy atom. The molecule has 1 aromatic carbocycles. The number of thioether (sulfide) groups is 2. The van der Waals surface area contributed by atoms with Gasteiger partial charge in [0.15, 0.2) is 0 Å². The highest BCUT2D eigenvalue weighted by Crippen LogP contribution is 2.24. The molecule has 0 radical (unpaired) electrons. The number of rotatable bonds is 2. The van der Waals surface area contributed by atoms with Crippen molar-refractivity contribution in [2.45, 2.75) is 6.92 Å². The van der Waals surface area contributed by atoms with Gasteiger partial charge in [0.2, 0.25) is 13.9 Å². The lowest BCUT2D eigenvalue weighted by atomic mass is 10.1. The van der Waals surface area contributed by atoms with Gasteiger partial charge in [-0.25, -0.2) is 0 Å². The third kappa shape index (κ3) is 5.10. The Hall–Kier alpha value is -0.630. The van der Waals surface area contributed by atoms with E-state index in [4.69, 9.17) is 33.9 Å².